The van der Waals surface area contributed by atoms with Gasteiger partial charge in [-0.25, -0.2) is 0 Å². The van der Waals surface area contributed by atoms with Crippen LogP contribution in [-0.4, -0.2) is 17.9 Å². The molecular formula is C11H13NO2. The molecule has 0 heterocycles. The van der Waals surface area contributed by atoms with Crippen LogP contribution < -0.4 is 0 Å². The van der Waals surface area contributed by atoms with Gasteiger partial charge in [-0.05, 0) is 43.0 Å². The van der Waals surface area contributed by atoms with Crippen LogP contribution in [0.5, 0.6) is 5.75 Å². The fraction of sp³-hybridized carbons (Fsp3) is 0.364. The highest BCUT2D eigenvalue weighted by Crippen LogP contribution is 2.29. The molecule has 2 rings (SSSR count). The van der Waals surface area contributed by atoms with E-state index in [2.05, 4.69) is 5.16 Å². The minimum Gasteiger partial charge on any atom is -0.508 e. The lowest BCUT2D eigenvalue weighted by Gasteiger charge is -2.03. The number of hydrogen-bond donors (Lipinski definition) is 1. The van der Waals surface area contributed by atoms with Crippen molar-refractivity contribution >= 4 is 5.71 Å². The maximum Gasteiger partial charge on any atom is 0.118 e. The first-order chi connectivity index (χ1) is 6.72. The monoisotopic (exact) mass is 191 g/mol. The minimum absolute atomic E-state index is 0.363. The molecule has 1 aliphatic rings. The number of benzene rings is 1. The SMILES string of the molecule is CO/N=C1\CCc2cc(O)c(C)cc21. The quantitative estimate of drug-likeness (QED) is 0.690. The molecule has 0 fully saturated rings. The van der Waals surface area contributed by atoms with Crippen LogP contribution in [0.1, 0.15) is 23.1 Å². The second kappa shape index (κ2) is 3.33. The number of aromatic hydroxyl groups is 1. The van der Waals surface area contributed by atoms with Gasteiger partial charge in [0.05, 0.1) is 5.71 Å². The Kier molecular flexibility index (Phi) is 2.15. The fourth-order valence-electron chi connectivity index (χ4n) is 1.81. The summed E-state index contributed by atoms with van der Waals surface area (Å²) in [7, 11) is 1.55. The van der Waals surface area contributed by atoms with Crippen molar-refractivity contribution in [2.75, 3.05) is 7.11 Å². The van der Waals surface area contributed by atoms with Crippen LogP contribution in [0.2, 0.25) is 0 Å². The standard InChI is InChI=1S/C11H13NO2/c1-7-5-9-8(6-11(7)13)3-4-10(9)12-14-2/h5-6,13H,3-4H2,1-2H3/b12-10+. The van der Waals surface area contributed by atoms with Gasteiger partial charge in [-0.1, -0.05) is 5.16 Å². The predicted molar refractivity (Wildman–Crippen MR) is 54.7 cm³/mol. The van der Waals surface area contributed by atoms with Crippen molar-refractivity contribution in [3.05, 3.63) is 28.8 Å². The number of phenolic OH excluding ortho intramolecular Hbond substituents is 1. The van der Waals surface area contributed by atoms with E-state index in [-0.39, 0.29) is 0 Å². The molecule has 0 spiro atoms. The number of nitrogens with zero attached hydrogens (tertiary/aromatic N) is 1. The van der Waals surface area contributed by atoms with Gasteiger partial charge in [0.25, 0.3) is 0 Å². The number of fused-ring (bicyclic) bond motifs is 1. The highest BCUT2D eigenvalue weighted by molar-refractivity contribution is 6.04. The normalized spacial score (nSPS) is 17.1. The Morgan fingerprint density at radius 1 is 1.36 bits per heavy atom. The average Bonchev–Trinajstić information content (AvgIpc) is 2.51. The van der Waals surface area contributed by atoms with E-state index < -0.39 is 0 Å². The molecule has 1 aliphatic carbocycles. The number of rotatable bonds is 1. The average molecular weight is 191 g/mol. The Bertz CT molecular complexity index is 397. The maximum atomic E-state index is 9.53. The lowest BCUT2D eigenvalue weighted by Crippen LogP contribution is -1.95. The third kappa shape index (κ3) is 1.35. The maximum absolute atomic E-state index is 9.53. The Morgan fingerprint density at radius 3 is 2.86 bits per heavy atom. The third-order valence-electron chi connectivity index (χ3n) is 2.57. The Morgan fingerprint density at radius 2 is 2.14 bits per heavy atom. The first-order valence-corrected chi connectivity index (χ1v) is 4.65. The van der Waals surface area contributed by atoms with E-state index in [4.69, 9.17) is 4.84 Å². The van der Waals surface area contributed by atoms with Crippen LogP contribution in [-0.2, 0) is 11.3 Å². The van der Waals surface area contributed by atoms with E-state index >= 15 is 0 Å². The molecule has 3 nitrogen and oxygen atoms in total. The fourth-order valence-corrected chi connectivity index (χ4v) is 1.81. The molecule has 0 radical (unpaired) electrons. The van der Waals surface area contributed by atoms with Crippen LogP contribution >= 0.6 is 0 Å². The summed E-state index contributed by atoms with van der Waals surface area (Å²) in [6.45, 7) is 1.89. The zero-order chi connectivity index (χ0) is 10.1. The van der Waals surface area contributed by atoms with Gasteiger partial charge in [0.2, 0.25) is 0 Å². The molecule has 0 unspecified atom stereocenters. The van der Waals surface area contributed by atoms with Gasteiger partial charge < -0.3 is 9.94 Å². The van der Waals surface area contributed by atoms with Gasteiger partial charge in [0, 0.05) is 5.56 Å². The lowest BCUT2D eigenvalue weighted by atomic mass is 10.1. The largest absolute Gasteiger partial charge is 0.508 e. The van der Waals surface area contributed by atoms with Crippen molar-refractivity contribution in [1.82, 2.24) is 0 Å². The molecule has 0 atom stereocenters. The molecule has 1 aromatic carbocycles. The van der Waals surface area contributed by atoms with Gasteiger partial charge in [-0.2, -0.15) is 0 Å². The summed E-state index contributed by atoms with van der Waals surface area (Å²) >= 11 is 0. The Labute approximate surface area is 83.0 Å². The Balaban J connectivity index is 2.50. The second-order valence-electron chi connectivity index (χ2n) is 3.52. The van der Waals surface area contributed by atoms with E-state index in [0.717, 1.165) is 35.2 Å². The molecule has 0 bridgehead atoms. The smallest absolute Gasteiger partial charge is 0.118 e. The molecular weight excluding hydrogens is 178 g/mol. The van der Waals surface area contributed by atoms with Crippen LogP contribution in [0.25, 0.3) is 0 Å². The molecule has 0 aromatic heterocycles. The number of aryl methyl sites for hydroxylation is 2. The minimum atomic E-state index is 0.363. The van der Waals surface area contributed by atoms with Crippen LogP contribution in [0, 0.1) is 6.92 Å². The molecule has 3 heteroatoms. The zero-order valence-electron chi connectivity index (χ0n) is 8.37. The topological polar surface area (TPSA) is 41.8 Å². The first kappa shape index (κ1) is 9.06. The third-order valence-corrected chi connectivity index (χ3v) is 2.57. The van der Waals surface area contributed by atoms with Gasteiger partial charge >= 0.3 is 0 Å². The van der Waals surface area contributed by atoms with Crippen molar-refractivity contribution in [3.63, 3.8) is 0 Å². The molecule has 0 amide bonds. The lowest BCUT2D eigenvalue weighted by molar-refractivity contribution is 0.213. The summed E-state index contributed by atoms with van der Waals surface area (Å²) < 4.78 is 0. The van der Waals surface area contributed by atoms with Crippen LogP contribution in [0.3, 0.4) is 0 Å². The van der Waals surface area contributed by atoms with Crippen molar-refractivity contribution in [2.24, 2.45) is 5.16 Å². The summed E-state index contributed by atoms with van der Waals surface area (Å²) in [5, 5.41) is 13.5. The van der Waals surface area contributed by atoms with E-state index in [0.29, 0.717) is 5.75 Å². The Hall–Kier alpha value is -1.51. The van der Waals surface area contributed by atoms with E-state index in [1.807, 2.05) is 19.1 Å². The molecule has 1 aromatic rings. The molecule has 0 saturated heterocycles. The zero-order valence-corrected chi connectivity index (χ0v) is 8.37. The first-order valence-electron chi connectivity index (χ1n) is 4.65. The molecule has 1 N–H and O–H groups in total. The van der Waals surface area contributed by atoms with Gasteiger partial charge in [-0.15, -0.1) is 0 Å². The van der Waals surface area contributed by atoms with E-state index in [9.17, 15) is 5.11 Å². The van der Waals surface area contributed by atoms with Gasteiger partial charge in [0.15, 0.2) is 0 Å². The van der Waals surface area contributed by atoms with E-state index in [1.165, 1.54) is 0 Å². The summed E-state index contributed by atoms with van der Waals surface area (Å²) in [4.78, 5) is 4.78. The molecule has 14 heavy (non-hydrogen) atoms. The van der Waals surface area contributed by atoms with E-state index in [1.54, 1.807) is 7.11 Å². The molecule has 0 saturated carbocycles. The summed E-state index contributed by atoms with van der Waals surface area (Å²) in [5.74, 6) is 0.363. The highest BCUT2D eigenvalue weighted by Gasteiger charge is 2.19. The van der Waals surface area contributed by atoms with Gasteiger partial charge in [0.1, 0.15) is 12.9 Å². The molecule has 74 valence electrons. The summed E-state index contributed by atoms with van der Waals surface area (Å²) in [5.41, 5.74) is 4.13. The van der Waals surface area contributed by atoms with Crippen molar-refractivity contribution < 1.29 is 9.94 Å². The van der Waals surface area contributed by atoms with Crippen molar-refractivity contribution in [1.29, 1.82) is 0 Å². The van der Waals surface area contributed by atoms with Crippen molar-refractivity contribution in [3.8, 4) is 5.75 Å². The predicted octanol–water partition coefficient (Wildman–Crippen LogP) is 2.00. The molecule has 0 aliphatic heterocycles. The summed E-state index contributed by atoms with van der Waals surface area (Å²) in [6.07, 6.45) is 1.83. The van der Waals surface area contributed by atoms with Crippen LogP contribution in [0.15, 0.2) is 17.3 Å². The second-order valence-corrected chi connectivity index (χ2v) is 3.52. The number of oxime groups is 1. The van der Waals surface area contributed by atoms with Crippen LogP contribution in [0.4, 0.5) is 0 Å². The summed E-state index contributed by atoms with van der Waals surface area (Å²) in [6, 6.07) is 3.79. The van der Waals surface area contributed by atoms with Gasteiger partial charge in [-0.3, -0.25) is 0 Å². The highest BCUT2D eigenvalue weighted by atomic mass is 16.6. The van der Waals surface area contributed by atoms with Crippen molar-refractivity contribution in [2.45, 2.75) is 19.8 Å². The number of phenols is 1. The number of hydrogen-bond acceptors (Lipinski definition) is 3.